The molecular formula is C12H17FN2O3S. The zero-order chi connectivity index (χ0) is 14.8. The molecule has 0 aliphatic heterocycles. The lowest BCUT2D eigenvalue weighted by Gasteiger charge is -2.21. The van der Waals surface area contributed by atoms with Crippen LogP contribution in [0.1, 0.15) is 25.3 Å². The van der Waals surface area contributed by atoms with Crippen molar-refractivity contribution in [2.75, 3.05) is 17.1 Å². The van der Waals surface area contributed by atoms with Crippen molar-refractivity contribution in [3.63, 3.8) is 0 Å². The molecule has 0 aromatic heterocycles. The van der Waals surface area contributed by atoms with Gasteiger partial charge >= 0.3 is 0 Å². The van der Waals surface area contributed by atoms with Crippen molar-refractivity contribution < 1.29 is 17.6 Å². The van der Waals surface area contributed by atoms with E-state index in [9.17, 15) is 17.6 Å². The number of rotatable bonds is 5. The molecule has 1 aromatic rings. The molecule has 1 amide bonds. The number of hydrogen-bond acceptors (Lipinski definition) is 3. The molecule has 1 aromatic carbocycles. The van der Waals surface area contributed by atoms with Crippen molar-refractivity contribution in [1.82, 2.24) is 0 Å². The second-order valence-electron chi connectivity index (χ2n) is 4.26. The number of hydrogen-bond donors (Lipinski definition) is 1. The molecule has 7 heteroatoms. The van der Waals surface area contributed by atoms with Gasteiger partial charge in [0.05, 0.1) is 17.9 Å². The maximum atomic E-state index is 14.0. The summed E-state index contributed by atoms with van der Waals surface area (Å²) in [5.41, 5.74) is 5.52. The van der Waals surface area contributed by atoms with Crippen molar-refractivity contribution in [3.8, 4) is 0 Å². The third-order valence-electron chi connectivity index (χ3n) is 2.85. The first-order chi connectivity index (χ1) is 8.68. The lowest BCUT2D eigenvalue weighted by molar-refractivity contribution is -0.119. The Balaban J connectivity index is 3.24. The minimum atomic E-state index is -3.54. The Bertz CT molecular complexity index is 587. The minimum Gasteiger partial charge on any atom is -0.369 e. The first-order valence-electron chi connectivity index (χ1n) is 5.75. The molecule has 1 unspecified atom stereocenters. The number of amides is 1. The zero-order valence-electron chi connectivity index (χ0n) is 11.1. The van der Waals surface area contributed by atoms with Gasteiger partial charge in [0.25, 0.3) is 0 Å². The lowest BCUT2D eigenvalue weighted by atomic mass is 10.0. The summed E-state index contributed by atoms with van der Waals surface area (Å²) in [5, 5.41) is 0. The number of carbonyl (C=O) groups is 1. The highest BCUT2D eigenvalue weighted by Gasteiger charge is 2.20. The molecule has 5 nitrogen and oxygen atoms in total. The van der Waals surface area contributed by atoms with Crippen LogP contribution in [0, 0.1) is 5.82 Å². The van der Waals surface area contributed by atoms with Crippen LogP contribution in [0.4, 0.5) is 10.1 Å². The Morgan fingerprint density at radius 3 is 2.42 bits per heavy atom. The van der Waals surface area contributed by atoms with Crippen molar-refractivity contribution in [1.29, 1.82) is 0 Å². The predicted octanol–water partition coefficient (Wildman–Crippen LogP) is 1.20. The fourth-order valence-electron chi connectivity index (χ4n) is 1.74. The topological polar surface area (TPSA) is 80.5 Å². The number of halogens is 1. The van der Waals surface area contributed by atoms with Gasteiger partial charge in [0.15, 0.2) is 0 Å². The quantitative estimate of drug-likeness (QED) is 0.884. The van der Waals surface area contributed by atoms with Gasteiger partial charge in [-0.25, -0.2) is 12.8 Å². The second-order valence-corrected chi connectivity index (χ2v) is 6.17. The summed E-state index contributed by atoms with van der Waals surface area (Å²) in [5.74, 6) is -1.89. The summed E-state index contributed by atoms with van der Waals surface area (Å²) in [4.78, 5) is 11.0. The molecule has 0 fully saturated rings. The Hall–Kier alpha value is -1.63. The summed E-state index contributed by atoms with van der Waals surface area (Å²) < 4.78 is 38.0. The van der Waals surface area contributed by atoms with Gasteiger partial charge in [-0.05, 0) is 31.5 Å². The number of nitrogens with zero attached hydrogens (tertiary/aromatic N) is 1. The maximum Gasteiger partial charge on any atom is 0.232 e. The first-order valence-corrected chi connectivity index (χ1v) is 7.59. The third-order valence-corrected chi connectivity index (χ3v) is 4.11. The Labute approximate surface area is 112 Å². The first kappa shape index (κ1) is 15.4. The van der Waals surface area contributed by atoms with E-state index in [1.165, 1.54) is 12.1 Å². The van der Waals surface area contributed by atoms with Gasteiger partial charge in [-0.3, -0.25) is 9.10 Å². The summed E-state index contributed by atoms with van der Waals surface area (Å²) in [7, 11) is -3.54. The molecule has 0 aliphatic carbocycles. The molecule has 0 bridgehead atoms. The molecule has 0 heterocycles. The highest BCUT2D eigenvalue weighted by atomic mass is 32.2. The molecule has 19 heavy (non-hydrogen) atoms. The highest BCUT2D eigenvalue weighted by Crippen LogP contribution is 2.25. The van der Waals surface area contributed by atoms with E-state index in [1.54, 1.807) is 13.8 Å². The van der Waals surface area contributed by atoms with E-state index >= 15 is 0 Å². The summed E-state index contributed by atoms with van der Waals surface area (Å²) in [6, 6.07) is 3.98. The normalized spacial score (nSPS) is 13.1. The minimum absolute atomic E-state index is 0.0366. The molecule has 2 N–H and O–H groups in total. The summed E-state index contributed by atoms with van der Waals surface area (Å²) in [6.45, 7) is 3.30. The monoisotopic (exact) mass is 288 g/mol. The number of carbonyl (C=O) groups excluding carboxylic acids is 1. The van der Waals surface area contributed by atoms with Crippen LogP contribution in [-0.2, 0) is 14.8 Å². The summed E-state index contributed by atoms with van der Waals surface area (Å²) in [6.07, 6.45) is 1.01. The van der Waals surface area contributed by atoms with Crippen molar-refractivity contribution >= 4 is 21.6 Å². The van der Waals surface area contributed by atoms with E-state index < -0.39 is 27.7 Å². The van der Waals surface area contributed by atoms with Gasteiger partial charge in [0.1, 0.15) is 5.82 Å². The van der Waals surface area contributed by atoms with Crippen LogP contribution in [0.25, 0.3) is 0 Å². The fraction of sp³-hybridized carbons (Fsp3) is 0.417. The summed E-state index contributed by atoms with van der Waals surface area (Å²) >= 11 is 0. The van der Waals surface area contributed by atoms with Crippen LogP contribution in [-0.4, -0.2) is 27.1 Å². The Kier molecular flexibility index (Phi) is 4.52. The van der Waals surface area contributed by atoms with E-state index in [-0.39, 0.29) is 12.2 Å². The van der Waals surface area contributed by atoms with Crippen molar-refractivity contribution in [3.05, 3.63) is 29.6 Å². The Morgan fingerprint density at radius 2 is 2.05 bits per heavy atom. The van der Waals surface area contributed by atoms with E-state index in [0.717, 1.165) is 16.6 Å². The third kappa shape index (κ3) is 3.44. The highest BCUT2D eigenvalue weighted by molar-refractivity contribution is 7.92. The number of anilines is 1. The molecule has 0 spiro atoms. The molecule has 1 rings (SSSR count). The predicted molar refractivity (Wildman–Crippen MR) is 71.9 cm³/mol. The van der Waals surface area contributed by atoms with Crippen LogP contribution in [0.2, 0.25) is 0 Å². The standard InChI is InChI=1S/C12H17FN2O3S/c1-4-15(19(3,17)18)11-6-5-9(7-10(11)13)8(2)12(14)16/h5-8H,4H2,1-3H3,(H2,14,16). The van der Waals surface area contributed by atoms with Gasteiger partial charge in [-0.1, -0.05) is 6.07 Å². The molecule has 0 saturated heterocycles. The van der Waals surface area contributed by atoms with E-state index in [4.69, 9.17) is 5.73 Å². The lowest BCUT2D eigenvalue weighted by Crippen LogP contribution is -2.30. The maximum absolute atomic E-state index is 14.0. The number of nitrogens with two attached hydrogens (primary N) is 1. The van der Waals surface area contributed by atoms with Gasteiger partial charge in [0.2, 0.25) is 15.9 Å². The molecule has 0 saturated carbocycles. The van der Waals surface area contributed by atoms with Gasteiger partial charge in [0, 0.05) is 6.54 Å². The molecule has 0 aliphatic rings. The van der Waals surface area contributed by atoms with E-state index in [0.29, 0.717) is 5.56 Å². The zero-order valence-corrected chi connectivity index (χ0v) is 11.9. The fourth-order valence-corrected chi connectivity index (χ4v) is 2.72. The molecule has 0 radical (unpaired) electrons. The van der Waals surface area contributed by atoms with Gasteiger partial charge in [-0.15, -0.1) is 0 Å². The SMILES string of the molecule is CCN(c1ccc(C(C)C(N)=O)cc1F)S(C)(=O)=O. The second kappa shape index (κ2) is 5.56. The molecule has 106 valence electrons. The van der Waals surface area contributed by atoms with Crippen LogP contribution in [0.15, 0.2) is 18.2 Å². The van der Waals surface area contributed by atoms with Gasteiger partial charge < -0.3 is 5.73 Å². The molecular weight excluding hydrogens is 271 g/mol. The average Bonchev–Trinajstić information content (AvgIpc) is 2.29. The van der Waals surface area contributed by atoms with Crippen molar-refractivity contribution in [2.45, 2.75) is 19.8 Å². The van der Waals surface area contributed by atoms with Gasteiger partial charge in [-0.2, -0.15) is 0 Å². The van der Waals surface area contributed by atoms with Crippen LogP contribution < -0.4 is 10.0 Å². The largest absolute Gasteiger partial charge is 0.369 e. The van der Waals surface area contributed by atoms with Crippen molar-refractivity contribution in [2.24, 2.45) is 5.73 Å². The average molecular weight is 288 g/mol. The Morgan fingerprint density at radius 1 is 1.47 bits per heavy atom. The number of primary amides is 1. The van der Waals surface area contributed by atoms with E-state index in [2.05, 4.69) is 0 Å². The number of benzene rings is 1. The van der Waals surface area contributed by atoms with Crippen LogP contribution in [0.5, 0.6) is 0 Å². The van der Waals surface area contributed by atoms with Crippen LogP contribution in [0.3, 0.4) is 0 Å². The number of sulfonamides is 1. The van der Waals surface area contributed by atoms with E-state index in [1.807, 2.05) is 0 Å². The molecule has 1 atom stereocenters. The van der Waals surface area contributed by atoms with Crippen LogP contribution >= 0.6 is 0 Å². The smallest absolute Gasteiger partial charge is 0.232 e.